The van der Waals surface area contributed by atoms with Crippen molar-refractivity contribution in [1.29, 1.82) is 0 Å². The lowest BCUT2D eigenvalue weighted by Crippen LogP contribution is -2.08. The summed E-state index contributed by atoms with van der Waals surface area (Å²) in [5, 5.41) is 1.70. The zero-order chi connectivity index (χ0) is 21.8. The highest BCUT2D eigenvalue weighted by Gasteiger charge is 2.13. The van der Waals surface area contributed by atoms with E-state index >= 15 is 0 Å². The standard InChI is InChI=1S/C26H20O5/c1-29-22-9-7-17(8-10-22)25(27)20-5-3-19-16-21(6-4-18(19)15-20)26(28)31-24-13-11-23(30-2)12-14-24/h3-16H,1-2H3. The number of ketones is 1. The fourth-order valence-electron chi connectivity index (χ4n) is 3.23. The highest BCUT2D eigenvalue weighted by molar-refractivity contribution is 6.11. The number of esters is 1. The second-order valence-electron chi connectivity index (χ2n) is 6.90. The van der Waals surface area contributed by atoms with Crippen molar-refractivity contribution in [2.24, 2.45) is 0 Å². The summed E-state index contributed by atoms with van der Waals surface area (Å²) in [5.41, 5.74) is 1.59. The van der Waals surface area contributed by atoms with Gasteiger partial charge in [0.2, 0.25) is 0 Å². The molecule has 0 radical (unpaired) electrons. The summed E-state index contributed by atoms with van der Waals surface area (Å²) < 4.78 is 15.7. The molecule has 0 saturated carbocycles. The van der Waals surface area contributed by atoms with Crippen LogP contribution in [0.15, 0.2) is 84.9 Å². The topological polar surface area (TPSA) is 61.8 Å². The van der Waals surface area contributed by atoms with Crippen molar-refractivity contribution in [3.05, 3.63) is 102 Å². The molecule has 4 rings (SSSR count). The molecule has 0 aliphatic rings. The molecule has 0 fully saturated rings. The summed E-state index contributed by atoms with van der Waals surface area (Å²) in [4.78, 5) is 25.3. The van der Waals surface area contributed by atoms with Crippen molar-refractivity contribution in [2.45, 2.75) is 0 Å². The number of rotatable bonds is 6. The Balaban J connectivity index is 1.54. The average Bonchev–Trinajstić information content (AvgIpc) is 2.83. The minimum absolute atomic E-state index is 0.0763. The van der Waals surface area contributed by atoms with Gasteiger partial charge in [-0.3, -0.25) is 4.79 Å². The van der Waals surface area contributed by atoms with Crippen molar-refractivity contribution in [3.63, 3.8) is 0 Å². The predicted molar refractivity (Wildman–Crippen MR) is 118 cm³/mol. The maximum atomic E-state index is 12.8. The van der Waals surface area contributed by atoms with Crippen LogP contribution < -0.4 is 14.2 Å². The zero-order valence-electron chi connectivity index (χ0n) is 17.1. The lowest BCUT2D eigenvalue weighted by molar-refractivity contribution is 0.0734. The number of carbonyl (C=O) groups excluding carboxylic acids is 2. The van der Waals surface area contributed by atoms with Crippen LogP contribution in [0.4, 0.5) is 0 Å². The second kappa shape index (κ2) is 8.71. The summed E-state index contributed by atoms with van der Waals surface area (Å²) in [5.74, 6) is 1.29. The smallest absolute Gasteiger partial charge is 0.343 e. The molecule has 0 atom stereocenters. The van der Waals surface area contributed by atoms with E-state index < -0.39 is 5.97 Å². The Hall–Kier alpha value is -4.12. The average molecular weight is 412 g/mol. The monoisotopic (exact) mass is 412 g/mol. The minimum Gasteiger partial charge on any atom is -0.497 e. The van der Waals surface area contributed by atoms with Crippen molar-refractivity contribution in [2.75, 3.05) is 14.2 Å². The molecule has 0 saturated heterocycles. The van der Waals surface area contributed by atoms with Gasteiger partial charge in [0.1, 0.15) is 17.2 Å². The summed E-state index contributed by atoms with van der Waals surface area (Å²) in [6.07, 6.45) is 0. The molecule has 0 unspecified atom stereocenters. The van der Waals surface area contributed by atoms with E-state index in [1.165, 1.54) is 0 Å². The molecule has 0 spiro atoms. The third-order valence-corrected chi connectivity index (χ3v) is 4.96. The lowest BCUT2D eigenvalue weighted by atomic mass is 9.99. The van der Waals surface area contributed by atoms with Crippen LogP contribution in [0.3, 0.4) is 0 Å². The first-order valence-corrected chi connectivity index (χ1v) is 9.66. The molecular weight excluding hydrogens is 392 g/mol. The zero-order valence-corrected chi connectivity index (χ0v) is 17.1. The molecule has 4 aromatic rings. The van der Waals surface area contributed by atoms with Gasteiger partial charge < -0.3 is 14.2 Å². The van der Waals surface area contributed by atoms with E-state index in [4.69, 9.17) is 14.2 Å². The third-order valence-electron chi connectivity index (χ3n) is 4.96. The van der Waals surface area contributed by atoms with Gasteiger partial charge in [-0.05, 0) is 77.5 Å². The van der Waals surface area contributed by atoms with Crippen LogP contribution in [0.2, 0.25) is 0 Å². The highest BCUT2D eigenvalue weighted by Crippen LogP contribution is 2.23. The summed E-state index contributed by atoms with van der Waals surface area (Å²) >= 11 is 0. The van der Waals surface area contributed by atoms with Crippen molar-refractivity contribution < 1.29 is 23.8 Å². The number of benzene rings is 4. The van der Waals surface area contributed by atoms with Gasteiger partial charge in [-0.1, -0.05) is 18.2 Å². The molecule has 5 heteroatoms. The Morgan fingerprint density at radius 3 is 1.58 bits per heavy atom. The van der Waals surface area contributed by atoms with E-state index in [1.807, 2.05) is 18.2 Å². The van der Waals surface area contributed by atoms with E-state index in [2.05, 4.69) is 0 Å². The van der Waals surface area contributed by atoms with E-state index in [-0.39, 0.29) is 5.78 Å². The van der Waals surface area contributed by atoms with Crippen LogP contribution in [-0.2, 0) is 0 Å². The molecule has 0 bridgehead atoms. The Kier molecular flexibility index (Phi) is 5.67. The van der Waals surface area contributed by atoms with Gasteiger partial charge in [0, 0.05) is 11.1 Å². The van der Waals surface area contributed by atoms with E-state index in [9.17, 15) is 9.59 Å². The number of carbonyl (C=O) groups is 2. The van der Waals surface area contributed by atoms with E-state index in [0.717, 1.165) is 10.8 Å². The Morgan fingerprint density at radius 1 is 0.548 bits per heavy atom. The molecular formula is C26H20O5. The van der Waals surface area contributed by atoms with Crippen molar-refractivity contribution in [1.82, 2.24) is 0 Å². The van der Waals surface area contributed by atoms with Crippen LogP contribution in [-0.4, -0.2) is 26.0 Å². The molecule has 0 aliphatic heterocycles. The van der Waals surface area contributed by atoms with E-state index in [1.54, 1.807) is 80.9 Å². The Bertz CT molecular complexity index is 1240. The first-order valence-electron chi connectivity index (χ1n) is 9.66. The molecule has 0 N–H and O–H groups in total. The summed E-state index contributed by atoms with van der Waals surface area (Å²) in [6, 6.07) is 24.5. The summed E-state index contributed by atoms with van der Waals surface area (Å²) in [7, 11) is 3.16. The molecule has 154 valence electrons. The normalized spacial score (nSPS) is 10.5. The summed E-state index contributed by atoms with van der Waals surface area (Å²) in [6.45, 7) is 0. The first-order chi connectivity index (χ1) is 15.1. The lowest BCUT2D eigenvalue weighted by Gasteiger charge is -2.08. The van der Waals surface area contributed by atoms with Gasteiger partial charge in [0.15, 0.2) is 5.78 Å². The largest absolute Gasteiger partial charge is 0.497 e. The highest BCUT2D eigenvalue weighted by atomic mass is 16.5. The molecule has 0 aromatic heterocycles. The van der Waals surface area contributed by atoms with Crippen LogP contribution >= 0.6 is 0 Å². The van der Waals surface area contributed by atoms with Gasteiger partial charge in [-0.15, -0.1) is 0 Å². The van der Waals surface area contributed by atoms with Crippen LogP contribution in [0.1, 0.15) is 26.3 Å². The molecule has 0 amide bonds. The fraction of sp³-hybridized carbons (Fsp3) is 0.0769. The van der Waals surface area contributed by atoms with Crippen molar-refractivity contribution in [3.8, 4) is 17.2 Å². The van der Waals surface area contributed by atoms with Gasteiger partial charge in [0.05, 0.1) is 19.8 Å². The van der Waals surface area contributed by atoms with Crippen molar-refractivity contribution >= 4 is 22.5 Å². The molecule has 4 aromatic carbocycles. The van der Waals surface area contributed by atoms with Gasteiger partial charge in [0.25, 0.3) is 0 Å². The fourth-order valence-corrected chi connectivity index (χ4v) is 3.23. The first kappa shape index (κ1) is 20.2. The minimum atomic E-state index is -0.453. The second-order valence-corrected chi connectivity index (χ2v) is 6.90. The molecule has 31 heavy (non-hydrogen) atoms. The SMILES string of the molecule is COc1ccc(OC(=O)c2ccc3cc(C(=O)c4ccc(OC)cc4)ccc3c2)cc1. The van der Waals surface area contributed by atoms with Crippen LogP contribution in [0.25, 0.3) is 10.8 Å². The molecule has 0 heterocycles. The number of hydrogen-bond acceptors (Lipinski definition) is 5. The number of methoxy groups -OCH3 is 2. The maximum absolute atomic E-state index is 12.8. The number of hydrogen-bond donors (Lipinski definition) is 0. The Morgan fingerprint density at radius 2 is 1.00 bits per heavy atom. The quantitative estimate of drug-likeness (QED) is 0.244. The van der Waals surface area contributed by atoms with Gasteiger partial charge in [-0.25, -0.2) is 4.79 Å². The predicted octanol–water partition coefficient (Wildman–Crippen LogP) is 5.31. The molecule has 5 nitrogen and oxygen atoms in total. The van der Waals surface area contributed by atoms with E-state index in [0.29, 0.717) is 33.9 Å². The number of ether oxygens (including phenoxy) is 3. The third kappa shape index (κ3) is 4.41. The van der Waals surface area contributed by atoms with Gasteiger partial charge >= 0.3 is 5.97 Å². The van der Waals surface area contributed by atoms with Gasteiger partial charge in [-0.2, -0.15) is 0 Å². The maximum Gasteiger partial charge on any atom is 0.343 e. The number of fused-ring (bicyclic) bond motifs is 1. The van der Waals surface area contributed by atoms with Crippen LogP contribution in [0.5, 0.6) is 17.2 Å². The van der Waals surface area contributed by atoms with Crippen LogP contribution in [0, 0.1) is 0 Å². The molecule has 0 aliphatic carbocycles. The Labute approximate surface area is 179 Å².